The fraction of sp³-hybridized carbons (Fsp3) is 0.600. The molecule has 1 aromatic rings. The SMILES string of the molecule is O=C(OCC(CCO)OCCO)c1ccc(C(=O)OCC(CCO)OCCO)cc1. The first-order valence-electron chi connectivity index (χ1n) is 9.66. The van der Waals surface area contributed by atoms with Gasteiger partial charge in [-0.25, -0.2) is 9.59 Å². The van der Waals surface area contributed by atoms with Gasteiger partial charge < -0.3 is 39.4 Å². The first-order valence-corrected chi connectivity index (χ1v) is 9.66. The van der Waals surface area contributed by atoms with Crippen LogP contribution in [0.15, 0.2) is 24.3 Å². The predicted molar refractivity (Wildman–Crippen MR) is 104 cm³/mol. The molecule has 0 radical (unpaired) electrons. The normalized spacial score (nSPS) is 12.9. The molecule has 0 saturated heterocycles. The van der Waals surface area contributed by atoms with Crippen LogP contribution in [0.3, 0.4) is 0 Å². The zero-order valence-electron chi connectivity index (χ0n) is 16.8. The number of hydrogen-bond acceptors (Lipinski definition) is 10. The van der Waals surface area contributed by atoms with Gasteiger partial charge in [-0.2, -0.15) is 0 Å². The smallest absolute Gasteiger partial charge is 0.338 e. The summed E-state index contributed by atoms with van der Waals surface area (Å²) in [6.45, 7) is -0.661. The molecule has 170 valence electrons. The highest BCUT2D eigenvalue weighted by Crippen LogP contribution is 2.10. The average Bonchev–Trinajstić information content (AvgIpc) is 2.77. The van der Waals surface area contributed by atoms with E-state index in [1.807, 2.05) is 0 Å². The number of carbonyl (C=O) groups is 2. The van der Waals surface area contributed by atoms with Gasteiger partial charge in [0.1, 0.15) is 13.2 Å². The van der Waals surface area contributed by atoms with Crippen molar-refractivity contribution in [3.63, 3.8) is 0 Å². The Morgan fingerprint density at radius 2 is 1.03 bits per heavy atom. The van der Waals surface area contributed by atoms with E-state index in [9.17, 15) is 9.59 Å². The summed E-state index contributed by atoms with van der Waals surface area (Å²) in [6.07, 6.45) is -0.533. The Morgan fingerprint density at radius 3 is 1.33 bits per heavy atom. The maximum atomic E-state index is 12.1. The Kier molecular flexibility index (Phi) is 13.6. The summed E-state index contributed by atoms with van der Waals surface area (Å²) in [5.41, 5.74) is 0.446. The molecule has 0 bridgehead atoms. The van der Waals surface area contributed by atoms with Crippen molar-refractivity contribution >= 4 is 11.9 Å². The molecular formula is C20H30O10. The van der Waals surface area contributed by atoms with E-state index < -0.39 is 24.1 Å². The molecule has 0 fully saturated rings. The number of rotatable bonds is 16. The highest BCUT2D eigenvalue weighted by atomic mass is 16.6. The van der Waals surface area contributed by atoms with E-state index in [1.165, 1.54) is 24.3 Å². The van der Waals surface area contributed by atoms with E-state index in [4.69, 9.17) is 39.4 Å². The largest absolute Gasteiger partial charge is 0.459 e. The fourth-order valence-electron chi connectivity index (χ4n) is 2.40. The number of benzene rings is 1. The Morgan fingerprint density at radius 1 is 0.667 bits per heavy atom. The van der Waals surface area contributed by atoms with Gasteiger partial charge >= 0.3 is 11.9 Å². The third kappa shape index (κ3) is 10.1. The van der Waals surface area contributed by atoms with Gasteiger partial charge in [-0.15, -0.1) is 0 Å². The molecular weight excluding hydrogens is 400 g/mol. The molecule has 30 heavy (non-hydrogen) atoms. The lowest BCUT2D eigenvalue weighted by Crippen LogP contribution is -2.25. The molecule has 2 unspecified atom stereocenters. The van der Waals surface area contributed by atoms with Crippen molar-refractivity contribution in [1.29, 1.82) is 0 Å². The lowest BCUT2D eigenvalue weighted by Gasteiger charge is -2.17. The van der Waals surface area contributed by atoms with Crippen LogP contribution in [-0.2, 0) is 18.9 Å². The molecule has 4 N–H and O–H groups in total. The molecule has 10 heteroatoms. The van der Waals surface area contributed by atoms with Crippen LogP contribution >= 0.6 is 0 Å². The van der Waals surface area contributed by atoms with Crippen LogP contribution in [0.25, 0.3) is 0 Å². The molecule has 1 aromatic carbocycles. The lowest BCUT2D eigenvalue weighted by atomic mass is 10.1. The molecule has 0 spiro atoms. The van der Waals surface area contributed by atoms with Crippen LogP contribution in [0.4, 0.5) is 0 Å². The van der Waals surface area contributed by atoms with Gasteiger partial charge in [0.05, 0.1) is 49.8 Å². The first kappa shape index (κ1) is 26.0. The Balaban J connectivity index is 2.54. The number of ether oxygens (including phenoxy) is 4. The van der Waals surface area contributed by atoms with Crippen LogP contribution in [0.2, 0.25) is 0 Å². The predicted octanol–water partition coefficient (Wildman–Crippen LogP) is -0.480. The van der Waals surface area contributed by atoms with Crippen LogP contribution < -0.4 is 0 Å². The summed E-state index contributed by atoms with van der Waals surface area (Å²) in [6, 6.07) is 5.67. The Labute approximate surface area is 174 Å². The number of aliphatic hydroxyl groups excluding tert-OH is 4. The maximum absolute atomic E-state index is 12.1. The van der Waals surface area contributed by atoms with Gasteiger partial charge in [0.15, 0.2) is 0 Å². The van der Waals surface area contributed by atoms with E-state index in [2.05, 4.69) is 0 Å². The van der Waals surface area contributed by atoms with Crippen LogP contribution in [0.5, 0.6) is 0 Å². The third-order valence-electron chi connectivity index (χ3n) is 3.95. The van der Waals surface area contributed by atoms with Crippen LogP contribution in [0.1, 0.15) is 33.6 Å². The van der Waals surface area contributed by atoms with Gasteiger partial charge in [-0.05, 0) is 37.1 Å². The molecule has 0 aliphatic carbocycles. The van der Waals surface area contributed by atoms with Crippen molar-refractivity contribution in [3.05, 3.63) is 35.4 Å². The first-order chi connectivity index (χ1) is 14.5. The molecule has 0 heterocycles. The van der Waals surface area contributed by atoms with Gasteiger partial charge in [-0.1, -0.05) is 0 Å². The van der Waals surface area contributed by atoms with Crippen molar-refractivity contribution in [2.75, 3.05) is 52.9 Å². The second-order valence-corrected chi connectivity index (χ2v) is 6.23. The van der Waals surface area contributed by atoms with Gasteiger partial charge in [0, 0.05) is 13.2 Å². The molecule has 0 aliphatic rings. The number of carbonyl (C=O) groups excluding carboxylic acids is 2. The Bertz CT molecular complexity index is 551. The summed E-state index contributed by atoms with van der Waals surface area (Å²) < 4.78 is 20.8. The topological polar surface area (TPSA) is 152 Å². The highest BCUT2D eigenvalue weighted by Gasteiger charge is 2.16. The van der Waals surface area contributed by atoms with E-state index >= 15 is 0 Å². The number of hydrogen-bond donors (Lipinski definition) is 4. The summed E-state index contributed by atoms with van der Waals surface area (Å²) in [5.74, 6) is -1.24. The maximum Gasteiger partial charge on any atom is 0.338 e. The molecule has 0 aromatic heterocycles. The van der Waals surface area contributed by atoms with Crippen LogP contribution in [0, 0.1) is 0 Å². The highest BCUT2D eigenvalue weighted by molar-refractivity contribution is 5.93. The minimum Gasteiger partial charge on any atom is -0.459 e. The van der Waals surface area contributed by atoms with Gasteiger partial charge in [0.2, 0.25) is 0 Å². The molecule has 10 nitrogen and oxygen atoms in total. The van der Waals surface area contributed by atoms with Crippen molar-refractivity contribution in [1.82, 2.24) is 0 Å². The van der Waals surface area contributed by atoms with Gasteiger partial charge in [-0.3, -0.25) is 0 Å². The quantitative estimate of drug-likeness (QED) is 0.253. The standard InChI is InChI=1S/C20H30O10/c21-7-5-17(27-11-9-23)13-29-19(25)15-1-2-16(4-3-15)20(26)30-14-18(6-8-22)28-12-10-24/h1-4,17-18,21-24H,5-14H2. The fourth-order valence-corrected chi connectivity index (χ4v) is 2.40. The number of esters is 2. The van der Waals surface area contributed by atoms with Crippen molar-refractivity contribution < 1.29 is 49.0 Å². The van der Waals surface area contributed by atoms with E-state index in [1.54, 1.807) is 0 Å². The van der Waals surface area contributed by atoms with Crippen molar-refractivity contribution in [2.45, 2.75) is 25.0 Å². The second-order valence-electron chi connectivity index (χ2n) is 6.23. The molecule has 0 saturated carbocycles. The van der Waals surface area contributed by atoms with E-state index in [-0.39, 0.29) is 76.8 Å². The molecule has 1 rings (SSSR count). The summed E-state index contributed by atoms with van der Waals surface area (Å²) in [5, 5.41) is 35.5. The minimum atomic E-state index is -0.620. The summed E-state index contributed by atoms with van der Waals surface area (Å²) >= 11 is 0. The zero-order valence-corrected chi connectivity index (χ0v) is 16.8. The molecule has 2 atom stereocenters. The van der Waals surface area contributed by atoms with Crippen molar-refractivity contribution in [3.8, 4) is 0 Å². The Hall–Kier alpha value is -2.08. The third-order valence-corrected chi connectivity index (χ3v) is 3.95. The molecule has 0 aliphatic heterocycles. The average molecular weight is 430 g/mol. The van der Waals surface area contributed by atoms with E-state index in [0.717, 1.165) is 0 Å². The molecule has 0 amide bonds. The van der Waals surface area contributed by atoms with E-state index in [0.29, 0.717) is 0 Å². The monoisotopic (exact) mass is 430 g/mol. The second kappa shape index (κ2) is 15.7. The lowest BCUT2D eigenvalue weighted by molar-refractivity contribution is -0.0275. The minimum absolute atomic E-state index is 0.0726. The van der Waals surface area contributed by atoms with Crippen LogP contribution in [-0.4, -0.2) is 97.4 Å². The number of aliphatic hydroxyl groups is 4. The summed E-state index contributed by atoms with van der Waals surface area (Å²) in [4.78, 5) is 24.3. The van der Waals surface area contributed by atoms with Crippen molar-refractivity contribution in [2.24, 2.45) is 0 Å². The van der Waals surface area contributed by atoms with Gasteiger partial charge in [0.25, 0.3) is 0 Å². The zero-order chi connectivity index (χ0) is 22.2. The summed E-state index contributed by atoms with van der Waals surface area (Å²) in [7, 11) is 0.